The Hall–Kier alpha value is -3.33. The molecule has 0 saturated carbocycles. The fourth-order valence-electron chi connectivity index (χ4n) is 3.18. The Morgan fingerprint density at radius 1 is 1.14 bits per heavy atom. The van der Waals surface area contributed by atoms with E-state index in [1.807, 2.05) is 45.0 Å². The first-order chi connectivity index (χ1) is 14.0. The number of benzene rings is 1. The summed E-state index contributed by atoms with van der Waals surface area (Å²) >= 11 is 1.38. The van der Waals surface area contributed by atoms with Crippen molar-refractivity contribution in [2.45, 2.75) is 27.3 Å². The lowest BCUT2D eigenvalue weighted by atomic mass is 10.1. The van der Waals surface area contributed by atoms with Crippen molar-refractivity contribution in [2.24, 2.45) is 0 Å². The van der Waals surface area contributed by atoms with Crippen LogP contribution in [0.15, 0.2) is 24.3 Å². The fraction of sp³-hybridized carbons (Fsp3) is 0.250. The van der Waals surface area contributed by atoms with Crippen LogP contribution < -0.4 is 10.1 Å². The van der Waals surface area contributed by atoms with Crippen molar-refractivity contribution < 1.29 is 9.53 Å². The minimum absolute atomic E-state index is 0.162. The van der Waals surface area contributed by atoms with Crippen molar-refractivity contribution in [1.82, 2.24) is 30.5 Å². The van der Waals surface area contributed by atoms with E-state index in [4.69, 9.17) is 4.74 Å². The van der Waals surface area contributed by atoms with Gasteiger partial charge in [0, 0.05) is 16.6 Å². The maximum Gasteiger partial charge on any atom is 0.262 e. The largest absolute Gasteiger partial charge is 0.497 e. The molecule has 1 aromatic carbocycles. The van der Waals surface area contributed by atoms with Gasteiger partial charge in [0.1, 0.15) is 22.2 Å². The summed E-state index contributed by atoms with van der Waals surface area (Å²) < 4.78 is 5.16. The molecule has 0 fully saturated rings. The van der Waals surface area contributed by atoms with E-state index in [9.17, 15) is 4.79 Å². The second-order valence-corrected chi connectivity index (χ2v) is 7.61. The average Bonchev–Trinajstić information content (AvgIpc) is 3.31. The number of aryl methyl sites for hydroxylation is 3. The zero-order valence-corrected chi connectivity index (χ0v) is 17.3. The normalized spacial score (nSPS) is 11.0. The fourth-order valence-corrected chi connectivity index (χ4v) is 4.37. The maximum atomic E-state index is 12.7. The number of nitrogens with one attached hydrogen (secondary N) is 2. The Bertz CT molecular complexity index is 1200. The van der Waals surface area contributed by atoms with E-state index in [-0.39, 0.29) is 12.5 Å². The molecule has 0 aliphatic carbocycles. The number of H-pyrrole nitrogens is 1. The van der Waals surface area contributed by atoms with Gasteiger partial charge in [0.2, 0.25) is 0 Å². The van der Waals surface area contributed by atoms with Gasteiger partial charge in [0.15, 0.2) is 5.82 Å². The van der Waals surface area contributed by atoms with Crippen molar-refractivity contribution in [2.75, 3.05) is 7.11 Å². The van der Waals surface area contributed by atoms with Crippen LogP contribution in [-0.4, -0.2) is 38.2 Å². The minimum Gasteiger partial charge on any atom is -0.497 e. The molecule has 9 heteroatoms. The summed E-state index contributed by atoms with van der Waals surface area (Å²) in [5.74, 6) is 2.46. The summed E-state index contributed by atoms with van der Waals surface area (Å²) in [5.41, 5.74) is 2.65. The predicted octanol–water partition coefficient (Wildman–Crippen LogP) is 3.34. The molecule has 0 aliphatic rings. The molecule has 8 nitrogen and oxygen atoms in total. The van der Waals surface area contributed by atoms with E-state index in [2.05, 4.69) is 30.5 Å². The molecule has 1 amide bonds. The third-order valence-corrected chi connectivity index (χ3v) is 5.77. The molecule has 3 heterocycles. The zero-order valence-electron chi connectivity index (χ0n) is 16.5. The lowest BCUT2D eigenvalue weighted by Crippen LogP contribution is -2.23. The molecule has 0 unspecified atom stereocenters. The first-order valence-corrected chi connectivity index (χ1v) is 9.86. The lowest BCUT2D eigenvalue weighted by Gasteiger charge is -2.02. The van der Waals surface area contributed by atoms with E-state index < -0.39 is 0 Å². The van der Waals surface area contributed by atoms with E-state index in [1.165, 1.54) is 11.3 Å². The highest BCUT2D eigenvalue weighted by Gasteiger charge is 2.19. The Kier molecular flexibility index (Phi) is 4.98. The summed E-state index contributed by atoms with van der Waals surface area (Å²) in [6, 6.07) is 7.47. The van der Waals surface area contributed by atoms with Crippen LogP contribution in [0.2, 0.25) is 0 Å². The maximum absolute atomic E-state index is 12.7. The van der Waals surface area contributed by atoms with Gasteiger partial charge in [-0.1, -0.05) is 0 Å². The van der Waals surface area contributed by atoms with E-state index in [0.717, 1.165) is 32.8 Å². The summed E-state index contributed by atoms with van der Waals surface area (Å²) in [6.45, 7) is 5.97. The number of aromatic amines is 1. The summed E-state index contributed by atoms with van der Waals surface area (Å²) in [5, 5.41) is 10.9. The minimum atomic E-state index is -0.162. The first-order valence-electron chi connectivity index (χ1n) is 9.04. The van der Waals surface area contributed by atoms with Crippen LogP contribution in [0.25, 0.3) is 21.6 Å². The second-order valence-electron chi connectivity index (χ2n) is 6.61. The van der Waals surface area contributed by atoms with Crippen molar-refractivity contribution in [3.63, 3.8) is 0 Å². The van der Waals surface area contributed by atoms with Crippen LogP contribution in [0.4, 0.5) is 0 Å². The molecule has 2 N–H and O–H groups in total. The van der Waals surface area contributed by atoms with Gasteiger partial charge >= 0.3 is 0 Å². The Labute approximate surface area is 171 Å². The topological polar surface area (TPSA) is 106 Å². The second kappa shape index (κ2) is 7.59. The molecule has 0 saturated heterocycles. The summed E-state index contributed by atoms with van der Waals surface area (Å²) in [7, 11) is 1.62. The number of amides is 1. The van der Waals surface area contributed by atoms with Gasteiger partial charge in [-0.3, -0.25) is 9.89 Å². The van der Waals surface area contributed by atoms with Crippen molar-refractivity contribution in [3.05, 3.63) is 52.0 Å². The Morgan fingerprint density at radius 2 is 1.90 bits per heavy atom. The van der Waals surface area contributed by atoms with Gasteiger partial charge in [-0.25, -0.2) is 15.0 Å². The number of rotatable bonds is 5. The van der Waals surface area contributed by atoms with Gasteiger partial charge in [-0.15, -0.1) is 11.3 Å². The van der Waals surface area contributed by atoms with Crippen molar-refractivity contribution in [1.29, 1.82) is 0 Å². The van der Waals surface area contributed by atoms with Crippen LogP contribution in [0, 0.1) is 20.8 Å². The lowest BCUT2D eigenvalue weighted by molar-refractivity contribution is 0.0953. The van der Waals surface area contributed by atoms with Crippen LogP contribution in [0.3, 0.4) is 0 Å². The standard InChI is InChI=1S/C20H20N6O2S/c1-10-16-11(2)22-12(3)23-20(16)29-17(10)19(27)21-9-15-24-18(26-25-15)13-5-7-14(28-4)8-6-13/h5-8H,9H2,1-4H3,(H,21,27)(H,24,25,26). The quantitative estimate of drug-likeness (QED) is 0.525. The highest BCUT2D eigenvalue weighted by Crippen LogP contribution is 2.31. The van der Waals surface area contributed by atoms with Gasteiger partial charge in [-0.2, -0.15) is 5.10 Å². The Balaban J connectivity index is 1.49. The summed E-state index contributed by atoms with van der Waals surface area (Å²) in [4.78, 5) is 27.5. The van der Waals surface area contributed by atoms with Crippen LogP contribution in [0.1, 0.15) is 32.6 Å². The van der Waals surface area contributed by atoms with E-state index in [0.29, 0.717) is 22.4 Å². The molecule has 148 valence electrons. The number of ether oxygens (including phenoxy) is 1. The van der Waals surface area contributed by atoms with Crippen molar-refractivity contribution in [3.8, 4) is 17.1 Å². The number of aromatic nitrogens is 5. The number of fused-ring (bicyclic) bond motifs is 1. The molecule has 4 aromatic rings. The molecule has 29 heavy (non-hydrogen) atoms. The monoisotopic (exact) mass is 408 g/mol. The van der Waals surface area contributed by atoms with Gasteiger partial charge in [-0.05, 0) is 50.6 Å². The number of hydrogen-bond acceptors (Lipinski definition) is 7. The number of methoxy groups -OCH3 is 1. The number of thiophene rings is 1. The number of nitrogens with zero attached hydrogens (tertiary/aromatic N) is 4. The molecule has 0 aliphatic heterocycles. The zero-order chi connectivity index (χ0) is 20.5. The highest BCUT2D eigenvalue weighted by atomic mass is 32.1. The number of hydrogen-bond donors (Lipinski definition) is 2. The molecular formula is C20H20N6O2S. The molecule has 4 rings (SSSR count). The molecular weight excluding hydrogens is 388 g/mol. The van der Waals surface area contributed by atoms with Gasteiger partial charge < -0.3 is 10.1 Å². The van der Waals surface area contributed by atoms with Crippen LogP contribution in [0.5, 0.6) is 5.75 Å². The number of carbonyl (C=O) groups is 1. The third-order valence-electron chi connectivity index (χ3n) is 4.59. The number of carbonyl (C=O) groups excluding carboxylic acids is 1. The van der Waals surface area contributed by atoms with E-state index in [1.54, 1.807) is 7.11 Å². The van der Waals surface area contributed by atoms with Gasteiger partial charge in [0.25, 0.3) is 5.91 Å². The summed E-state index contributed by atoms with van der Waals surface area (Å²) in [6.07, 6.45) is 0. The molecule has 0 bridgehead atoms. The SMILES string of the molecule is COc1ccc(-c2n[nH]c(CNC(=O)c3sc4nc(C)nc(C)c4c3C)n2)cc1. The molecule has 0 radical (unpaired) electrons. The third kappa shape index (κ3) is 3.68. The Morgan fingerprint density at radius 3 is 2.62 bits per heavy atom. The predicted molar refractivity (Wildman–Crippen MR) is 111 cm³/mol. The molecule has 0 atom stereocenters. The highest BCUT2D eigenvalue weighted by molar-refractivity contribution is 7.20. The van der Waals surface area contributed by atoms with Crippen LogP contribution in [-0.2, 0) is 6.54 Å². The smallest absolute Gasteiger partial charge is 0.262 e. The molecule has 0 spiro atoms. The first kappa shape index (κ1) is 19.0. The van der Waals surface area contributed by atoms with Gasteiger partial charge in [0.05, 0.1) is 18.5 Å². The molecule has 3 aromatic heterocycles. The van der Waals surface area contributed by atoms with E-state index >= 15 is 0 Å². The van der Waals surface area contributed by atoms with Crippen molar-refractivity contribution >= 4 is 27.5 Å². The van der Waals surface area contributed by atoms with Crippen LogP contribution >= 0.6 is 11.3 Å². The average molecular weight is 408 g/mol.